The van der Waals surface area contributed by atoms with Crippen LogP contribution in [0.1, 0.15) is 73.0 Å². The number of allylic oxidation sites excluding steroid dienone is 1. The number of rotatable bonds is 12. The highest BCUT2D eigenvalue weighted by Gasteiger charge is 2.34. The van der Waals surface area contributed by atoms with Crippen molar-refractivity contribution >= 4 is 61.2 Å². The van der Waals surface area contributed by atoms with Gasteiger partial charge in [-0.05, 0) is 89.4 Å². The highest BCUT2D eigenvalue weighted by molar-refractivity contribution is 7.90. The molecule has 342 valence electrons. The van der Waals surface area contributed by atoms with Gasteiger partial charge >= 0.3 is 0 Å². The number of nitro benzene ring substituents is 1. The van der Waals surface area contributed by atoms with Crippen LogP contribution in [0.5, 0.6) is 5.75 Å². The van der Waals surface area contributed by atoms with E-state index in [-0.39, 0.29) is 41.0 Å². The predicted molar refractivity (Wildman–Crippen MR) is 253 cm³/mol. The lowest BCUT2D eigenvalue weighted by molar-refractivity contribution is -0.384. The number of amides is 1. The fourth-order valence-corrected chi connectivity index (χ4v) is 10.7. The maximum absolute atomic E-state index is 14.3. The second kappa shape index (κ2) is 18.4. The summed E-state index contributed by atoms with van der Waals surface area (Å²) in [6, 6.07) is 19.6. The van der Waals surface area contributed by atoms with Crippen molar-refractivity contribution in [1.29, 1.82) is 0 Å². The number of morpholine rings is 1. The molecule has 2 atom stereocenters. The smallest absolute Gasteiger partial charge is 0.297 e. The molecule has 5 heterocycles. The molecule has 2 fully saturated rings. The molecule has 1 aliphatic carbocycles. The Morgan fingerprint density at radius 3 is 2.54 bits per heavy atom. The van der Waals surface area contributed by atoms with Gasteiger partial charge in [0.1, 0.15) is 12.3 Å². The number of anilines is 2. The number of hydrogen-bond acceptors (Lipinski definition) is 12. The van der Waals surface area contributed by atoms with E-state index < -0.39 is 31.4 Å². The topological polar surface area (TPSA) is 175 Å². The summed E-state index contributed by atoms with van der Waals surface area (Å²) in [5, 5.41) is 17.2. The summed E-state index contributed by atoms with van der Waals surface area (Å²) in [5.74, 6) is -1.20. The monoisotopic (exact) mass is 922 g/mol. The Hall–Kier alpha value is -5.52. The predicted octanol–water partition coefficient (Wildman–Crippen LogP) is 7.69. The van der Waals surface area contributed by atoms with Crippen LogP contribution in [0.3, 0.4) is 0 Å². The number of halogens is 1. The fraction of sp³-hybridized carbons (Fsp3) is 0.417. The molecule has 2 saturated heterocycles. The average molecular weight is 924 g/mol. The zero-order valence-corrected chi connectivity index (χ0v) is 38.5. The number of nitrogens with zero attached hydrogens (tertiary/aromatic N) is 5. The van der Waals surface area contributed by atoms with Gasteiger partial charge in [0.15, 0.2) is 11.4 Å². The molecule has 5 aromatic rings. The van der Waals surface area contributed by atoms with Gasteiger partial charge in [0, 0.05) is 104 Å². The first-order valence-corrected chi connectivity index (χ1v) is 24.2. The number of hydrogen-bond donors (Lipinski definition) is 3. The van der Waals surface area contributed by atoms with Gasteiger partial charge in [0.2, 0.25) is 0 Å². The van der Waals surface area contributed by atoms with Crippen molar-refractivity contribution in [2.24, 2.45) is 5.41 Å². The lowest BCUT2D eigenvalue weighted by Crippen LogP contribution is -2.47. The fourth-order valence-electron chi connectivity index (χ4n) is 9.58. The number of piperazine rings is 1. The SMILES string of the molecule is CC(c1cnc2[nH]ccc2c1)c1cc(N2CCN(CC3=C(c4ccc(Cl)cc4)CC(C)(C)CC3)CC2)ccc1C(=O)NS(=O)(=O)c1cc2c(c([N+](=O)[O-])c1)NC(CN1CCOCC1)CO2. The zero-order valence-electron chi connectivity index (χ0n) is 36.9. The highest BCUT2D eigenvalue weighted by Crippen LogP contribution is 2.44. The van der Waals surface area contributed by atoms with Crippen molar-refractivity contribution in [2.45, 2.75) is 56.9 Å². The van der Waals surface area contributed by atoms with Gasteiger partial charge in [-0.15, -0.1) is 0 Å². The van der Waals surface area contributed by atoms with Crippen molar-refractivity contribution in [2.75, 3.05) is 82.4 Å². The van der Waals surface area contributed by atoms with Gasteiger partial charge in [0.05, 0.1) is 29.1 Å². The average Bonchev–Trinajstić information content (AvgIpc) is 3.78. The van der Waals surface area contributed by atoms with E-state index in [4.69, 9.17) is 21.1 Å². The summed E-state index contributed by atoms with van der Waals surface area (Å²) >= 11 is 6.26. The number of aromatic nitrogens is 2. The summed E-state index contributed by atoms with van der Waals surface area (Å²) < 4.78 is 41.7. The molecule has 15 nitrogen and oxygen atoms in total. The van der Waals surface area contributed by atoms with Crippen LogP contribution in [0, 0.1) is 15.5 Å². The van der Waals surface area contributed by atoms with Crippen LogP contribution >= 0.6 is 11.6 Å². The molecule has 4 aliphatic rings. The maximum Gasteiger partial charge on any atom is 0.297 e. The van der Waals surface area contributed by atoms with E-state index in [1.807, 2.05) is 49.5 Å². The van der Waals surface area contributed by atoms with Crippen molar-refractivity contribution in [3.05, 3.63) is 122 Å². The minimum atomic E-state index is -4.62. The molecule has 1 amide bonds. The number of H-pyrrole nitrogens is 1. The van der Waals surface area contributed by atoms with Gasteiger partial charge in [0.25, 0.3) is 21.6 Å². The van der Waals surface area contributed by atoms with Crippen molar-refractivity contribution < 1.29 is 27.6 Å². The Labute approximate surface area is 384 Å². The van der Waals surface area contributed by atoms with E-state index in [1.54, 1.807) is 12.3 Å². The van der Waals surface area contributed by atoms with Crippen LogP contribution in [-0.2, 0) is 14.8 Å². The molecule has 0 spiro atoms. The number of carbonyl (C=O) groups excluding carboxylic acids is 1. The molecule has 17 heteroatoms. The molecular formula is C48H55ClN8O7S. The number of ether oxygens (including phenoxy) is 2. The van der Waals surface area contributed by atoms with Crippen LogP contribution in [0.25, 0.3) is 16.6 Å². The summed E-state index contributed by atoms with van der Waals surface area (Å²) in [4.78, 5) is 40.3. The third-order valence-electron chi connectivity index (χ3n) is 13.4. The third-order valence-corrected chi connectivity index (χ3v) is 14.9. The summed E-state index contributed by atoms with van der Waals surface area (Å²) in [6.07, 6.45) is 6.80. The van der Waals surface area contributed by atoms with Crippen molar-refractivity contribution in [3.8, 4) is 5.75 Å². The molecule has 2 unspecified atom stereocenters. The number of nitrogens with one attached hydrogen (secondary N) is 3. The molecule has 65 heavy (non-hydrogen) atoms. The first-order chi connectivity index (χ1) is 31.2. The Bertz CT molecular complexity index is 2750. The molecule has 3 N–H and O–H groups in total. The van der Waals surface area contributed by atoms with Crippen LogP contribution in [0.4, 0.5) is 17.1 Å². The van der Waals surface area contributed by atoms with Crippen molar-refractivity contribution in [3.63, 3.8) is 0 Å². The molecular weight excluding hydrogens is 868 g/mol. The zero-order chi connectivity index (χ0) is 45.5. The van der Waals surface area contributed by atoms with E-state index >= 15 is 0 Å². The molecule has 3 aromatic carbocycles. The van der Waals surface area contributed by atoms with Crippen LogP contribution < -0.4 is 19.7 Å². The number of carbonyl (C=O) groups is 1. The Kier molecular flexibility index (Phi) is 12.6. The lowest BCUT2D eigenvalue weighted by Gasteiger charge is -2.39. The molecule has 3 aliphatic heterocycles. The van der Waals surface area contributed by atoms with Crippen LogP contribution in [-0.4, -0.2) is 117 Å². The normalized spacial score (nSPS) is 19.9. The summed E-state index contributed by atoms with van der Waals surface area (Å²) in [6.45, 7) is 14.2. The van der Waals surface area contributed by atoms with Crippen molar-refractivity contribution in [1.82, 2.24) is 24.5 Å². The Morgan fingerprint density at radius 2 is 1.78 bits per heavy atom. The first kappa shape index (κ1) is 44.7. The molecule has 0 radical (unpaired) electrons. The third kappa shape index (κ3) is 9.87. The second-order valence-corrected chi connectivity index (χ2v) is 20.6. The number of benzene rings is 3. The number of fused-ring (bicyclic) bond motifs is 2. The first-order valence-electron chi connectivity index (χ1n) is 22.3. The lowest BCUT2D eigenvalue weighted by atomic mass is 9.72. The van der Waals surface area contributed by atoms with Gasteiger partial charge in [-0.25, -0.2) is 18.1 Å². The van der Waals surface area contributed by atoms with E-state index in [9.17, 15) is 23.3 Å². The Morgan fingerprint density at radius 1 is 1.02 bits per heavy atom. The number of aromatic amines is 1. The second-order valence-electron chi connectivity index (χ2n) is 18.4. The standard InChI is InChI=1S/C48H55ClN8O7S/c1-31(35-22-33-11-13-50-46(33)51-27-35)41-23-38(56-16-14-54(15-17-56)28-34-10-12-48(2,3)26-42(34)32-4-6-36(49)7-5-32)8-9-40(41)47(58)53-65(61,62)39-24-43(57(59)60)45-44(25-39)64-30-37(52-45)29-55-18-20-63-21-19-55/h4-9,11,13,22-25,27,31,37,52H,10,12,14-21,26,28-30H2,1-3H3,(H,50,51)(H,53,58). The van der Waals surface area contributed by atoms with Gasteiger partial charge in [-0.3, -0.25) is 24.7 Å². The Balaban J connectivity index is 0.955. The van der Waals surface area contributed by atoms with Gasteiger partial charge in [-0.2, -0.15) is 0 Å². The highest BCUT2D eigenvalue weighted by atomic mass is 35.5. The van der Waals surface area contributed by atoms with E-state index in [0.717, 1.165) is 98.4 Å². The quantitative estimate of drug-likeness (QED) is 0.0824. The molecule has 0 bridgehead atoms. The van der Waals surface area contributed by atoms with Crippen LogP contribution in [0.15, 0.2) is 89.6 Å². The van der Waals surface area contributed by atoms with Crippen LogP contribution in [0.2, 0.25) is 5.02 Å². The summed E-state index contributed by atoms with van der Waals surface area (Å²) in [7, 11) is -4.62. The van der Waals surface area contributed by atoms with E-state index in [1.165, 1.54) is 22.8 Å². The maximum atomic E-state index is 14.3. The van der Waals surface area contributed by atoms with Gasteiger partial charge in [-0.1, -0.05) is 50.1 Å². The molecule has 9 rings (SSSR count). The van der Waals surface area contributed by atoms with E-state index in [2.05, 4.69) is 60.7 Å². The summed E-state index contributed by atoms with van der Waals surface area (Å²) in [5.41, 5.74) is 7.29. The van der Waals surface area contributed by atoms with E-state index in [0.29, 0.717) is 25.3 Å². The van der Waals surface area contributed by atoms with Gasteiger partial charge < -0.3 is 24.7 Å². The number of nitro groups is 1. The minimum Gasteiger partial charge on any atom is -0.489 e. The molecule has 2 aromatic heterocycles. The number of pyridine rings is 1. The largest absolute Gasteiger partial charge is 0.489 e. The number of sulfonamides is 1. The molecule has 0 saturated carbocycles. The minimum absolute atomic E-state index is 0.0260.